The van der Waals surface area contributed by atoms with Crippen molar-refractivity contribution in [2.45, 2.75) is 38.7 Å². The zero-order valence-electron chi connectivity index (χ0n) is 13.6. The van der Waals surface area contributed by atoms with Crippen LogP contribution in [0.15, 0.2) is 29.6 Å². The van der Waals surface area contributed by atoms with Gasteiger partial charge in [0.05, 0.1) is 11.6 Å². The second-order valence-corrected chi connectivity index (χ2v) is 7.14. The van der Waals surface area contributed by atoms with E-state index in [-0.39, 0.29) is 5.91 Å². The maximum atomic E-state index is 12.6. The summed E-state index contributed by atoms with van der Waals surface area (Å²) in [7, 11) is 0. The second-order valence-electron chi connectivity index (χ2n) is 6.20. The molecule has 0 bridgehead atoms. The largest absolute Gasteiger partial charge is 0.383 e. The van der Waals surface area contributed by atoms with Crippen LogP contribution in [0.5, 0.6) is 0 Å². The van der Waals surface area contributed by atoms with Gasteiger partial charge in [0.25, 0.3) is 5.91 Å². The molecule has 0 spiro atoms. The first-order valence-electron chi connectivity index (χ1n) is 8.05. The summed E-state index contributed by atoms with van der Waals surface area (Å²) >= 11 is 1.54. The molecular weight excluding hydrogens is 308 g/mol. The van der Waals surface area contributed by atoms with Crippen molar-refractivity contribution in [1.82, 2.24) is 9.88 Å². The molecule has 1 aliphatic heterocycles. The Hall–Kier alpha value is -1.72. The third-order valence-electron chi connectivity index (χ3n) is 4.42. The molecule has 0 unspecified atom stereocenters. The average Bonchev–Trinajstić information content (AvgIpc) is 3.15. The summed E-state index contributed by atoms with van der Waals surface area (Å²) in [6, 6.07) is 7.84. The molecule has 1 amide bonds. The molecular formula is C18H22N2O2S. The van der Waals surface area contributed by atoms with E-state index in [0.29, 0.717) is 25.2 Å². The number of aliphatic hydroxyl groups is 1. The first-order valence-corrected chi connectivity index (χ1v) is 8.93. The van der Waals surface area contributed by atoms with Gasteiger partial charge >= 0.3 is 0 Å². The van der Waals surface area contributed by atoms with Crippen molar-refractivity contribution in [3.8, 4) is 0 Å². The Bertz CT molecular complexity index is 713. The molecule has 1 fully saturated rings. The lowest BCUT2D eigenvalue weighted by atomic mass is 9.89. The van der Waals surface area contributed by atoms with Crippen LogP contribution < -0.4 is 0 Å². The first kappa shape index (κ1) is 16.1. The third-order valence-corrected chi connectivity index (χ3v) is 5.32. The number of thiazole rings is 1. The van der Waals surface area contributed by atoms with E-state index in [1.807, 2.05) is 36.6 Å². The lowest BCUT2D eigenvalue weighted by Crippen LogP contribution is -2.35. The van der Waals surface area contributed by atoms with Crippen molar-refractivity contribution >= 4 is 17.2 Å². The van der Waals surface area contributed by atoms with Crippen LogP contribution in [0.3, 0.4) is 0 Å². The van der Waals surface area contributed by atoms with Gasteiger partial charge in [-0.2, -0.15) is 0 Å². The molecule has 2 aromatic rings. The molecule has 1 aromatic carbocycles. The fraction of sp³-hybridized carbons (Fsp3) is 0.444. The van der Waals surface area contributed by atoms with Crippen LogP contribution in [-0.4, -0.2) is 34.0 Å². The van der Waals surface area contributed by atoms with Crippen LogP contribution in [0.1, 0.15) is 46.4 Å². The molecule has 0 radical (unpaired) electrons. The van der Waals surface area contributed by atoms with Gasteiger partial charge in [-0.1, -0.05) is 31.2 Å². The van der Waals surface area contributed by atoms with E-state index in [2.05, 4.69) is 11.9 Å². The number of likely N-dealkylation sites (tertiary alicyclic amines) is 1. The number of rotatable bonds is 4. The van der Waals surface area contributed by atoms with E-state index in [1.54, 1.807) is 4.90 Å². The summed E-state index contributed by atoms with van der Waals surface area (Å²) in [6.07, 6.45) is 2.50. The molecule has 122 valence electrons. The maximum absolute atomic E-state index is 12.6. The Kier molecular flexibility index (Phi) is 4.50. The summed E-state index contributed by atoms with van der Waals surface area (Å²) in [5, 5.41) is 13.8. The minimum Gasteiger partial charge on any atom is -0.383 e. The van der Waals surface area contributed by atoms with Crippen LogP contribution >= 0.6 is 11.3 Å². The van der Waals surface area contributed by atoms with Gasteiger partial charge in [-0.05, 0) is 37.3 Å². The van der Waals surface area contributed by atoms with Gasteiger partial charge < -0.3 is 10.0 Å². The van der Waals surface area contributed by atoms with E-state index in [9.17, 15) is 9.90 Å². The average molecular weight is 330 g/mol. The van der Waals surface area contributed by atoms with Crippen molar-refractivity contribution in [2.24, 2.45) is 0 Å². The van der Waals surface area contributed by atoms with Crippen molar-refractivity contribution in [1.29, 1.82) is 0 Å². The van der Waals surface area contributed by atoms with E-state index in [4.69, 9.17) is 0 Å². The summed E-state index contributed by atoms with van der Waals surface area (Å²) < 4.78 is 0. The standard InChI is InChI=1S/C18H22N2O2S/c1-3-6-16-19-15(11-23-16)17(21)20-10-9-18(22,12-20)14-8-5-4-7-13(14)2/h4-5,7-8,11,22H,3,6,9-10,12H2,1-2H3/t18-/m0/s1. The number of carbonyl (C=O) groups is 1. The van der Waals surface area contributed by atoms with E-state index in [1.165, 1.54) is 11.3 Å². The highest BCUT2D eigenvalue weighted by molar-refractivity contribution is 7.09. The number of aryl methyl sites for hydroxylation is 2. The van der Waals surface area contributed by atoms with Gasteiger partial charge in [0, 0.05) is 11.9 Å². The van der Waals surface area contributed by atoms with E-state index >= 15 is 0 Å². The number of hydrogen-bond acceptors (Lipinski definition) is 4. The lowest BCUT2D eigenvalue weighted by molar-refractivity contribution is 0.0411. The van der Waals surface area contributed by atoms with Crippen molar-refractivity contribution in [3.63, 3.8) is 0 Å². The van der Waals surface area contributed by atoms with Crippen LogP contribution in [0.25, 0.3) is 0 Å². The van der Waals surface area contributed by atoms with Crippen LogP contribution in [0, 0.1) is 6.92 Å². The van der Waals surface area contributed by atoms with Crippen LogP contribution in [-0.2, 0) is 12.0 Å². The fourth-order valence-corrected chi connectivity index (χ4v) is 4.06. The van der Waals surface area contributed by atoms with Gasteiger partial charge in [-0.3, -0.25) is 4.79 Å². The minimum atomic E-state index is -0.955. The Balaban J connectivity index is 1.76. The molecule has 4 nitrogen and oxygen atoms in total. The van der Waals surface area contributed by atoms with Gasteiger partial charge in [-0.15, -0.1) is 11.3 Å². The molecule has 1 saturated heterocycles. The highest BCUT2D eigenvalue weighted by Crippen LogP contribution is 2.34. The van der Waals surface area contributed by atoms with Gasteiger partial charge in [-0.25, -0.2) is 4.98 Å². The molecule has 1 N–H and O–H groups in total. The molecule has 0 saturated carbocycles. The monoisotopic (exact) mass is 330 g/mol. The quantitative estimate of drug-likeness (QED) is 0.937. The topological polar surface area (TPSA) is 53.4 Å². The number of amides is 1. The molecule has 2 heterocycles. The number of benzene rings is 1. The van der Waals surface area contributed by atoms with Crippen LogP contribution in [0.4, 0.5) is 0 Å². The summed E-state index contributed by atoms with van der Waals surface area (Å²) in [6.45, 7) is 4.99. The normalized spacial score (nSPS) is 20.9. The van der Waals surface area contributed by atoms with Gasteiger partial charge in [0.15, 0.2) is 0 Å². The summed E-state index contributed by atoms with van der Waals surface area (Å²) in [4.78, 5) is 18.8. The van der Waals surface area contributed by atoms with E-state index in [0.717, 1.165) is 29.0 Å². The highest BCUT2D eigenvalue weighted by Gasteiger charge is 2.40. The summed E-state index contributed by atoms with van der Waals surface area (Å²) in [5.74, 6) is -0.0758. The highest BCUT2D eigenvalue weighted by atomic mass is 32.1. The molecule has 23 heavy (non-hydrogen) atoms. The zero-order chi connectivity index (χ0) is 16.4. The number of β-amino-alcohol motifs (C(OH)–C–C–N with tert-alkyl or cyclic N) is 1. The number of aromatic nitrogens is 1. The Morgan fingerprint density at radius 3 is 2.96 bits per heavy atom. The number of nitrogens with zero attached hydrogens (tertiary/aromatic N) is 2. The van der Waals surface area contributed by atoms with E-state index < -0.39 is 5.60 Å². The SMILES string of the molecule is CCCc1nc(C(=O)N2CC[C@@](O)(c3ccccc3C)C2)cs1. The van der Waals surface area contributed by atoms with Crippen LogP contribution in [0.2, 0.25) is 0 Å². The molecule has 0 aliphatic carbocycles. The van der Waals surface area contributed by atoms with Crippen molar-refractivity contribution < 1.29 is 9.90 Å². The first-order chi connectivity index (χ1) is 11.0. The molecule has 1 atom stereocenters. The van der Waals surface area contributed by atoms with Crippen molar-refractivity contribution in [3.05, 3.63) is 51.5 Å². The molecule has 1 aliphatic rings. The summed E-state index contributed by atoms with van der Waals surface area (Å²) in [5.41, 5.74) is 1.53. The third kappa shape index (κ3) is 3.16. The molecule has 5 heteroatoms. The lowest BCUT2D eigenvalue weighted by Gasteiger charge is -2.25. The second kappa shape index (κ2) is 6.42. The maximum Gasteiger partial charge on any atom is 0.273 e. The molecule has 1 aromatic heterocycles. The minimum absolute atomic E-state index is 0.0758. The Morgan fingerprint density at radius 2 is 2.22 bits per heavy atom. The Morgan fingerprint density at radius 1 is 1.43 bits per heavy atom. The zero-order valence-corrected chi connectivity index (χ0v) is 14.4. The van der Waals surface area contributed by atoms with Crippen molar-refractivity contribution in [2.75, 3.05) is 13.1 Å². The predicted octanol–water partition coefficient (Wildman–Crippen LogP) is 3.14. The Labute approximate surface area is 140 Å². The van der Waals surface area contributed by atoms with Gasteiger partial charge in [0.1, 0.15) is 11.3 Å². The fourth-order valence-electron chi connectivity index (χ4n) is 3.18. The predicted molar refractivity (Wildman–Crippen MR) is 91.7 cm³/mol. The van der Waals surface area contributed by atoms with Gasteiger partial charge in [0.2, 0.25) is 0 Å². The number of hydrogen-bond donors (Lipinski definition) is 1. The number of carbonyl (C=O) groups excluding carboxylic acids is 1. The smallest absolute Gasteiger partial charge is 0.273 e. The molecule has 3 rings (SSSR count).